The van der Waals surface area contributed by atoms with Crippen LogP contribution in [-0.2, 0) is 17.6 Å². The normalized spacial score (nSPS) is 16.2. The van der Waals surface area contributed by atoms with Crippen molar-refractivity contribution in [3.05, 3.63) is 64.4 Å². The molecule has 3 aromatic rings. The molecule has 0 spiro atoms. The molecular formula is C23H24FN5O. The van der Waals surface area contributed by atoms with E-state index in [-0.39, 0.29) is 17.8 Å². The molecule has 154 valence electrons. The molecule has 1 aromatic carbocycles. The van der Waals surface area contributed by atoms with E-state index in [1.807, 2.05) is 24.8 Å². The summed E-state index contributed by atoms with van der Waals surface area (Å²) in [6, 6.07) is 8.85. The molecule has 2 aromatic heterocycles. The molecule has 0 bridgehead atoms. The molecule has 0 radical (unpaired) electrons. The number of aryl methyl sites for hydroxylation is 2. The second-order valence-electron chi connectivity index (χ2n) is 7.88. The fourth-order valence-electron chi connectivity index (χ4n) is 4.44. The van der Waals surface area contributed by atoms with Gasteiger partial charge in [0.05, 0.1) is 6.20 Å². The van der Waals surface area contributed by atoms with Crippen molar-refractivity contribution in [1.82, 2.24) is 19.5 Å². The first-order valence-electron chi connectivity index (χ1n) is 10.3. The number of hydrogen-bond donors (Lipinski definition) is 0. The number of fused-ring (bicyclic) bond motifs is 1. The van der Waals surface area contributed by atoms with Crippen molar-refractivity contribution in [2.45, 2.75) is 52.0 Å². The van der Waals surface area contributed by atoms with Crippen LogP contribution >= 0.6 is 0 Å². The Morgan fingerprint density at radius 2 is 2.20 bits per heavy atom. The number of halogens is 1. The van der Waals surface area contributed by atoms with Crippen molar-refractivity contribution >= 4 is 11.6 Å². The van der Waals surface area contributed by atoms with Crippen molar-refractivity contribution in [3.8, 4) is 6.07 Å². The predicted molar refractivity (Wildman–Crippen MR) is 110 cm³/mol. The van der Waals surface area contributed by atoms with Gasteiger partial charge in [-0.15, -0.1) is 0 Å². The third-order valence-corrected chi connectivity index (χ3v) is 5.98. The minimum Gasteiger partial charge on any atom is -0.339 e. The highest BCUT2D eigenvalue weighted by Crippen LogP contribution is 2.24. The standard InChI is InChI=1S/C23H24FN5O/c1-15-21(16(2)29-23(27-15)18(13-25)14-26-29)8-9-22(30)28-10-4-7-20(28)12-17-5-3-6-19(24)11-17/h3,5-6,11,14,20H,4,7-10,12H2,1-2H3. The van der Waals surface area contributed by atoms with Crippen LogP contribution in [0.4, 0.5) is 4.39 Å². The third-order valence-electron chi connectivity index (χ3n) is 5.98. The summed E-state index contributed by atoms with van der Waals surface area (Å²) >= 11 is 0. The lowest BCUT2D eigenvalue weighted by Gasteiger charge is -2.25. The fourth-order valence-corrected chi connectivity index (χ4v) is 4.44. The van der Waals surface area contributed by atoms with Crippen molar-refractivity contribution in [3.63, 3.8) is 0 Å². The maximum atomic E-state index is 13.5. The third kappa shape index (κ3) is 3.78. The molecule has 1 saturated heterocycles. The highest BCUT2D eigenvalue weighted by Gasteiger charge is 2.29. The van der Waals surface area contributed by atoms with Crippen molar-refractivity contribution < 1.29 is 9.18 Å². The number of amides is 1. The lowest BCUT2D eigenvalue weighted by Crippen LogP contribution is -2.37. The summed E-state index contributed by atoms with van der Waals surface area (Å²) in [6.45, 7) is 4.60. The second kappa shape index (κ2) is 8.23. The van der Waals surface area contributed by atoms with Gasteiger partial charge in [0.15, 0.2) is 5.65 Å². The van der Waals surface area contributed by atoms with E-state index in [4.69, 9.17) is 0 Å². The molecule has 1 unspecified atom stereocenters. The topological polar surface area (TPSA) is 74.3 Å². The van der Waals surface area contributed by atoms with Crippen molar-refractivity contribution in [1.29, 1.82) is 5.26 Å². The molecule has 4 rings (SSSR count). The summed E-state index contributed by atoms with van der Waals surface area (Å²) in [6.07, 6.45) is 5.08. The Bertz CT molecular complexity index is 1150. The Labute approximate surface area is 175 Å². The first-order valence-corrected chi connectivity index (χ1v) is 10.3. The Hall–Kier alpha value is -3.27. The summed E-state index contributed by atoms with van der Waals surface area (Å²) in [5.41, 5.74) is 4.64. The van der Waals surface area contributed by atoms with Gasteiger partial charge in [-0.1, -0.05) is 12.1 Å². The molecule has 1 aliphatic heterocycles. The molecule has 0 N–H and O–H groups in total. The van der Waals surface area contributed by atoms with Gasteiger partial charge >= 0.3 is 0 Å². The zero-order valence-electron chi connectivity index (χ0n) is 17.2. The zero-order valence-corrected chi connectivity index (χ0v) is 17.2. The monoisotopic (exact) mass is 405 g/mol. The van der Waals surface area contributed by atoms with Crippen LogP contribution in [0.3, 0.4) is 0 Å². The van der Waals surface area contributed by atoms with Crippen LogP contribution in [0.15, 0.2) is 30.5 Å². The summed E-state index contributed by atoms with van der Waals surface area (Å²) in [5, 5.41) is 13.5. The number of carbonyl (C=O) groups is 1. The summed E-state index contributed by atoms with van der Waals surface area (Å²) < 4.78 is 15.2. The Morgan fingerprint density at radius 3 is 2.97 bits per heavy atom. The van der Waals surface area contributed by atoms with Gasteiger partial charge in [-0.3, -0.25) is 4.79 Å². The quantitative estimate of drug-likeness (QED) is 0.651. The van der Waals surface area contributed by atoms with Crippen LogP contribution < -0.4 is 0 Å². The van der Waals surface area contributed by atoms with E-state index in [2.05, 4.69) is 16.2 Å². The fraction of sp³-hybridized carbons (Fsp3) is 0.391. The maximum absolute atomic E-state index is 13.5. The molecule has 30 heavy (non-hydrogen) atoms. The molecule has 0 aliphatic carbocycles. The van der Waals surface area contributed by atoms with Gasteiger partial charge in [0.25, 0.3) is 0 Å². The van der Waals surface area contributed by atoms with Crippen LogP contribution in [0.1, 0.15) is 47.3 Å². The van der Waals surface area contributed by atoms with Crippen LogP contribution in [0.2, 0.25) is 0 Å². The smallest absolute Gasteiger partial charge is 0.223 e. The number of nitriles is 1. The van der Waals surface area contributed by atoms with Gasteiger partial charge in [-0.25, -0.2) is 13.9 Å². The number of rotatable bonds is 5. The number of nitrogens with zero attached hydrogens (tertiary/aromatic N) is 5. The van der Waals surface area contributed by atoms with Gasteiger partial charge in [-0.2, -0.15) is 10.4 Å². The Balaban J connectivity index is 1.47. The molecule has 1 aliphatic rings. The average molecular weight is 405 g/mol. The average Bonchev–Trinajstić information content (AvgIpc) is 3.34. The van der Waals surface area contributed by atoms with Gasteiger partial charge in [0, 0.05) is 30.4 Å². The summed E-state index contributed by atoms with van der Waals surface area (Å²) in [4.78, 5) is 19.5. The van der Waals surface area contributed by atoms with Crippen LogP contribution in [0.25, 0.3) is 5.65 Å². The van der Waals surface area contributed by atoms with E-state index >= 15 is 0 Å². The van der Waals surface area contributed by atoms with Gasteiger partial charge in [0.1, 0.15) is 17.4 Å². The molecular weight excluding hydrogens is 381 g/mol. The maximum Gasteiger partial charge on any atom is 0.223 e. The van der Waals surface area contributed by atoms with E-state index in [9.17, 15) is 14.4 Å². The molecule has 7 heteroatoms. The Kier molecular flexibility index (Phi) is 5.49. The van der Waals surface area contributed by atoms with Gasteiger partial charge in [-0.05, 0) is 62.8 Å². The molecule has 1 atom stereocenters. The first kappa shape index (κ1) is 20.0. The van der Waals surface area contributed by atoms with E-state index in [1.165, 1.54) is 12.3 Å². The zero-order chi connectivity index (χ0) is 21.3. The number of hydrogen-bond acceptors (Lipinski definition) is 4. The van der Waals surface area contributed by atoms with Gasteiger partial charge in [0.2, 0.25) is 5.91 Å². The van der Waals surface area contributed by atoms with Crippen LogP contribution in [-0.4, -0.2) is 38.0 Å². The molecule has 3 heterocycles. The van der Waals surface area contributed by atoms with E-state index in [1.54, 1.807) is 16.6 Å². The second-order valence-corrected chi connectivity index (χ2v) is 7.88. The van der Waals surface area contributed by atoms with E-state index in [0.29, 0.717) is 30.5 Å². The highest BCUT2D eigenvalue weighted by atomic mass is 19.1. The summed E-state index contributed by atoms with van der Waals surface area (Å²) in [5.74, 6) is -0.124. The molecule has 0 saturated carbocycles. The lowest BCUT2D eigenvalue weighted by molar-refractivity contribution is -0.131. The van der Waals surface area contributed by atoms with Crippen LogP contribution in [0, 0.1) is 31.0 Å². The first-order chi connectivity index (χ1) is 14.5. The molecule has 1 amide bonds. The number of carbonyl (C=O) groups excluding carboxylic acids is 1. The van der Waals surface area contributed by atoms with Crippen molar-refractivity contribution in [2.24, 2.45) is 0 Å². The van der Waals surface area contributed by atoms with E-state index in [0.717, 1.165) is 41.9 Å². The highest BCUT2D eigenvalue weighted by molar-refractivity contribution is 5.77. The largest absolute Gasteiger partial charge is 0.339 e. The van der Waals surface area contributed by atoms with Crippen LogP contribution in [0.5, 0.6) is 0 Å². The lowest BCUT2D eigenvalue weighted by atomic mass is 10.0. The minimum atomic E-state index is -0.240. The molecule has 6 nitrogen and oxygen atoms in total. The number of likely N-dealkylation sites (tertiary alicyclic amines) is 1. The summed E-state index contributed by atoms with van der Waals surface area (Å²) in [7, 11) is 0. The SMILES string of the molecule is Cc1nc2c(C#N)cnn2c(C)c1CCC(=O)N1CCCC1Cc1cccc(F)c1. The molecule has 1 fully saturated rings. The Morgan fingerprint density at radius 1 is 1.37 bits per heavy atom. The van der Waals surface area contributed by atoms with Crippen molar-refractivity contribution in [2.75, 3.05) is 6.54 Å². The van der Waals surface area contributed by atoms with Gasteiger partial charge < -0.3 is 4.90 Å². The van der Waals surface area contributed by atoms with E-state index < -0.39 is 0 Å². The number of aromatic nitrogens is 3. The number of benzene rings is 1. The predicted octanol–water partition coefficient (Wildman–Crippen LogP) is 3.52. The minimum absolute atomic E-state index is 0.117.